The van der Waals surface area contributed by atoms with E-state index in [4.69, 9.17) is 11.6 Å². The second kappa shape index (κ2) is 10.2. The number of halogens is 1. The van der Waals surface area contributed by atoms with E-state index in [0.717, 1.165) is 43.3 Å². The van der Waals surface area contributed by atoms with Crippen molar-refractivity contribution < 1.29 is 4.79 Å². The van der Waals surface area contributed by atoms with Crippen LogP contribution in [0.15, 0.2) is 53.4 Å². The molecule has 1 fully saturated rings. The smallest absolute Gasteiger partial charge is 0.223 e. The third-order valence-corrected chi connectivity index (χ3v) is 6.20. The van der Waals surface area contributed by atoms with Crippen LogP contribution >= 0.6 is 23.4 Å². The first-order chi connectivity index (χ1) is 13.1. The minimum atomic E-state index is 0.152. The highest BCUT2D eigenvalue weighted by Crippen LogP contribution is 2.21. The maximum Gasteiger partial charge on any atom is 0.223 e. The van der Waals surface area contributed by atoms with E-state index in [-0.39, 0.29) is 11.8 Å². The van der Waals surface area contributed by atoms with Crippen LogP contribution in [0.25, 0.3) is 0 Å². The van der Waals surface area contributed by atoms with Gasteiger partial charge < -0.3 is 5.32 Å². The number of nitrogens with one attached hydrogen (secondary N) is 1. The average Bonchev–Trinajstić information content (AvgIpc) is 2.67. The van der Waals surface area contributed by atoms with Gasteiger partial charge in [0.05, 0.1) is 0 Å². The summed E-state index contributed by atoms with van der Waals surface area (Å²) in [5, 5.41) is 3.85. The molecule has 0 aromatic heterocycles. The number of carbonyl (C=O) groups is 1. The monoisotopic (exact) mass is 402 g/mol. The van der Waals surface area contributed by atoms with E-state index in [9.17, 15) is 4.79 Å². The number of amides is 1. The van der Waals surface area contributed by atoms with E-state index in [1.807, 2.05) is 24.3 Å². The molecule has 1 heterocycles. The van der Waals surface area contributed by atoms with E-state index < -0.39 is 0 Å². The predicted octanol–water partition coefficient (Wildman–Crippen LogP) is 4.77. The third kappa shape index (κ3) is 6.56. The predicted molar refractivity (Wildman–Crippen MR) is 114 cm³/mol. The van der Waals surface area contributed by atoms with Crippen LogP contribution < -0.4 is 5.32 Å². The normalized spacial score (nSPS) is 15.6. The lowest BCUT2D eigenvalue weighted by molar-refractivity contribution is -0.126. The number of hydrogen-bond donors (Lipinski definition) is 1. The largest absolute Gasteiger partial charge is 0.355 e. The van der Waals surface area contributed by atoms with Gasteiger partial charge >= 0.3 is 0 Å². The van der Waals surface area contributed by atoms with Crippen molar-refractivity contribution in [3.63, 3.8) is 0 Å². The molecule has 1 aliphatic heterocycles. The van der Waals surface area contributed by atoms with Gasteiger partial charge in [0, 0.05) is 34.7 Å². The third-order valence-electron chi connectivity index (χ3n) is 4.93. The Hall–Kier alpha value is -1.49. The quantitative estimate of drug-likeness (QED) is 0.534. The average molecular weight is 403 g/mol. The van der Waals surface area contributed by atoms with Gasteiger partial charge in [-0.2, -0.15) is 0 Å². The Bertz CT molecular complexity index is 742. The number of likely N-dealkylation sites (tertiary alicyclic amines) is 1. The van der Waals surface area contributed by atoms with E-state index in [1.165, 1.54) is 16.0 Å². The van der Waals surface area contributed by atoms with Crippen molar-refractivity contribution in [2.45, 2.75) is 31.2 Å². The van der Waals surface area contributed by atoms with Crippen LogP contribution in [0.5, 0.6) is 0 Å². The van der Waals surface area contributed by atoms with Crippen molar-refractivity contribution >= 4 is 29.3 Å². The molecule has 0 saturated carbocycles. The number of benzene rings is 2. The van der Waals surface area contributed by atoms with Crippen molar-refractivity contribution in [3.05, 3.63) is 64.7 Å². The summed E-state index contributed by atoms with van der Waals surface area (Å²) in [6, 6.07) is 16.5. The Morgan fingerprint density at radius 3 is 2.63 bits per heavy atom. The number of hydrogen-bond acceptors (Lipinski definition) is 3. The molecule has 5 heteroatoms. The topological polar surface area (TPSA) is 32.3 Å². The molecule has 1 aliphatic rings. The summed E-state index contributed by atoms with van der Waals surface area (Å²) in [5.41, 5.74) is 2.66. The Labute approximate surface area is 171 Å². The Morgan fingerprint density at radius 2 is 1.93 bits per heavy atom. The summed E-state index contributed by atoms with van der Waals surface area (Å²) >= 11 is 7.63. The van der Waals surface area contributed by atoms with Gasteiger partial charge in [-0.3, -0.25) is 9.69 Å². The van der Waals surface area contributed by atoms with Crippen LogP contribution in [-0.2, 0) is 11.3 Å². The summed E-state index contributed by atoms with van der Waals surface area (Å²) < 4.78 is 0. The number of thioether (sulfide) groups is 1. The number of piperidine rings is 1. The fourth-order valence-corrected chi connectivity index (χ4v) is 4.33. The number of rotatable bonds is 7. The van der Waals surface area contributed by atoms with E-state index in [1.54, 1.807) is 11.8 Å². The SMILES string of the molecule is Cc1cccc(CN2CCC(C(=O)NCCSc3ccc(Cl)cc3)CC2)c1. The molecule has 144 valence electrons. The molecular weight excluding hydrogens is 376 g/mol. The summed E-state index contributed by atoms with van der Waals surface area (Å²) in [7, 11) is 0. The van der Waals surface area contributed by atoms with Crippen LogP contribution in [0, 0.1) is 12.8 Å². The Morgan fingerprint density at radius 1 is 1.19 bits per heavy atom. The number of carbonyl (C=O) groups excluding carboxylic acids is 1. The maximum atomic E-state index is 12.4. The maximum absolute atomic E-state index is 12.4. The molecule has 0 unspecified atom stereocenters. The summed E-state index contributed by atoms with van der Waals surface area (Å²) in [4.78, 5) is 16.0. The van der Waals surface area contributed by atoms with Crippen LogP contribution in [-0.4, -0.2) is 36.2 Å². The van der Waals surface area contributed by atoms with Gasteiger partial charge in [-0.15, -0.1) is 11.8 Å². The fourth-order valence-electron chi connectivity index (χ4n) is 3.44. The van der Waals surface area contributed by atoms with Crippen LogP contribution in [0.4, 0.5) is 0 Å². The second-order valence-corrected chi connectivity index (χ2v) is 8.74. The first-order valence-electron chi connectivity index (χ1n) is 9.54. The first-order valence-corrected chi connectivity index (χ1v) is 10.9. The number of aryl methyl sites for hydroxylation is 1. The molecule has 0 bridgehead atoms. The minimum absolute atomic E-state index is 0.152. The second-order valence-electron chi connectivity index (χ2n) is 7.13. The molecule has 27 heavy (non-hydrogen) atoms. The summed E-state index contributed by atoms with van der Waals surface area (Å²) in [6.45, 7) is 5.80. The zero-order valence-corrected chi connectivity index (χ0v) is 17.4. The van der Waals surface area contributed by atoms with Gasteiger partial charge in [-0.1, -0.05) is 41.4 Å². The highest BCUT2D eigenvalue weighted by atomic mass is 35.5. The van der Waals surface area contributed by atoms with Crippen molar-refractivity contribution in [1.29, 1.82) is 0 Å². The lowest BCUT2D eigenvalue weighted by atomic mass is 9.95. The standard InChI is InChI=1S/C22H27ClN2OS/c1-17-3-2-4-18(15-17)16-25-12-9-19(10-13-25)22(26)24-11-14-27-21-7-5-20(23)6-8-21/h2-8,15,19H,9-14,16H2,1H3,(H,24,26). The van der Waals surface area contributed by atoms with Gasteiger partial charge in [0.25, 0.3) is 0 Å². The molecule has 1 N–H and O–H groups in total. The van der Waals surface area contributed by atoms with Crippen molar-refractivity contribution in [3.8, 4) is 0 Å². The van der Waals surface area contributed by atoms with E-state index in [2.05, 4.69) is 41.4 Å². The fraction of sp³-hybridized carbons (Fsp3) is 0.409. The molecule has 1 amide bonds. The van der Waals surface area contributed by atoms with Gasteiger partial charge in [-0.05, 0) is 62.7 Å². The molecule has 0 aliphatic carbocycles. The zero-order chi connectivity index (χ0) is 19.1. The van der Waals surface area contributed by atoms with Crippen LogP contribution in [0.2, 0.25) is 5.02 Å². The van der Waals surface area contributed by atoms with Crippen LogP contribution in [0.3, 0.4) is 0 Å². The number of nitrogens with zero attached hydrogens (tertiary/aromatic N) is 1. The van der Waals surface area contributed by atoms with Gasteiger partial charge in [-0.25, -0.2) is 0 Å². The Balaban J connectivity index is 1.34. The van der Waals surface area contributed by atoms with Gasteiger partial charge in [0.1, 0.15) is 0 Å². The van der Waals surface area contributed by atoms with Gasteiger partial charge in [0.2, 0.25) is 5.91 Å². The Kier molecular flexibility index (Phi) is 7.62. The molecule has 2 aromatic carbocycles. The van der Waals surface area contributed by atoms with Crippen molar-refractivity contribution in [1.82, 2.24) is 10.2 Å². The molecule has 0 atom stereocenters. The summed E-state index contributed by atoms with van der Waals surface area (Å²) in [5.74, 6) is 1.24. The molecule has 0 spiro atoms. The molecule has 2 aromatic rings. The lowest BCUT2D eigenvalue weighted by Crippen LogP contribution is -2.40. The highest BCUT2D eigenvalue weighted by Gasteiger charge is 2.24. The van der Waals surface area contributed by atoms with E-state index in [0.29, 0.717) is 6.54 Å². The lowest BCUT2D eigenvalue weighted by Gasteiger charge is -2.31. The molecule has 0 radical (unpaired) electrons. The highest BCUT2D eigenvalue weighted by molar-refractivity contribution is 7.99. The van der Waals surface area contributed by atoms with Crippen LogP contribution in [0.1, 0.15) is 24.0 Å². The van der Waals surface area contributed by atoms with Gasteiger partial charge in [0.15, 0.2) is 0 Å². The first kappa shape index (κ1) is 20.2. The van der Waals surface area contributed by atoms with Crippen molar-refractivity contribution in [2.75, 3.05) is 25.4 Å². The molecule has 1 saturated heterocycles. The minimum Gasteiger partial charge on any atom is -0.355 e. The van der Waals surface area contributed by atoms with Crippen molar-refractivity contribution in [2.24, 2.45) is 5.92 Å². The summed E-state index contributed by atoms with van der Waals surface area (Å²) in [6.07, 6.45) is 1.89. The molecule has 3 rings (SSSR count). The molecular formula is C22H27ClN2OS. The zero-order valence-electron chi connectivity index (χ0n) is 15.8. The van der Waals surface area contributed by atoms with E-state index >= 15 is 0 Å². The molecule has 3 nitrogen and oxygen atoms in total.